The molecule has 0 saturated carbocycles. The molecule has 2 nitrogen and oxygen atoms in total. The van der Waals surface area contributed by atoms with Crippen LogP contribution < -0.4 is 9.47 Å². The topological polar surface area (TPSA) is 18.5 Å². The van der Waals surface area contributed by atoms with Crippen LogP contribution in [0.2, 0.25) is 0 Å². The predicted molar refractivity (Wildman–Crippen MR) is 61.7 cm³/mol. The van der Waals surface area contributed by atoms with Crippen LogP contribution in [-0.2, 0) is 0 Å². The van der Waals surface area contributed by atoms with E-state index >= 15 is 0 Å². The van der Waals surface area contributed by atoms with E-state index in [1.54, 1.807) is 14.2 Å². The zero-order chi connectivity index (χ0) is 10.7. The van der Waals surface area contributed by atoms with Crippen molar-refractivity contribution in [3.8, 4) is 22.6 Å². The van der Waals surface area contributed by atoms with Crippen LogP contribution in [0.4, 0.5) is 0 Å². The lowest BCUT2D eigenvalue weighted by molar-refractivity contribution is 0.414. The molecule has 0 atom stereocenters. The van der Waals surface area contributed by atoms with E-state index in [0.717, 1.165) is 22.6 Å². The van der Waals surface area contributed by atoms with Crippen LogP contribution in [0, 0.1) is 5.38 Å². The number of benzene rings is 1. The maximum Gasteiger partial charge on any atom is 0.146 e. The van der Waals surface area contributed by atoms with Crippen molar-refractivity contribution in [1.29, 1.82) is 0 Å². The van der Waals surface area contributed by atoms with Crippen molar-refractivity contribution in [2.24, 2.45) is 0 Å². The van der Waals surface area contributed by atoms with Crippen molar-refractivity contribution in [2.75, 3.05) is 14.2 Å². The van der Waals surface area contributed by atoms with Crippen molar-refractivity contribution >= 4 is 11.3 Å². The molecule has 0 bridgehead atoms. The SMILES string of the molecule is COc1ccc(-c2cs[c]c2OC)cc1. The molecule has 0 N–H and O–H groups in total. The average Bonchev–Trinajstić information content (AvgIpc) is 2.77. The summed E-state index contributed by atoms with van der Waals surface area (Å²) in [6.45, 7) is 0. The summed E-state index contributed by atoms with van der Waals surface area (Å²) in [6, 6.07) is 7.90. The van der Waals surface area contributed by atoms with Gasteiger partial charge in [0.25, 0.3) is 0 Å². The summed E-state index contributed by atoms with van der Waals surface area (Å²) in [5, 5.41) is 5.10. The lowest BCUT2D eigenvalue weighted by atomic mass is 10.1. The van der Waals surface area contributed by atoms with Gasteiger partial charge in [-0.1, -0.05) is 12.1 Å². The Balaban J connectivity index is 2.37. The second kappa shape index (κ2) is 4.36. The fourth-order valence-electron chi connectivity index (χ4n) is 1.37. The molecular formula is C12H11O2S. The van der Waals surface area contributed by atoms with Gasteiger partial charge in [0, 0.05) is 10.9 Å². The molecule has 0 aliphatic carbocycles. The zero-order valence-electron chi connectivity index (χ0n) is 8.61. The van der Waals surface area contributed by atoms with Crippen molar-refractivity contribution in [2.45, 2.75) is 0 Å². The van der Waals surface area contributed by atoms with E-state index < -0.39 is 0 Å². The Bertz CT molecular complexity index is 431. The van der Waals surface area contributed by atoms with Gasteiger partial charge in [0.15, 0.2) is 0 Å². The van der Waals surface area contributed by atoms with E-state index in [4.69, 9.17) is 9.47 Å². The summed E-state index contributed by atoms with van der Waals surface area (Å²) >= 11 is 1.51. The van der Waals surface area contributed by atoms with Crippen LogP contribution in [0.5, 0.6) is 11.5 Å². The second-order valence-corrected chi connectivity index (χ2v) is 3.69. The van der Waals surface area contributed by atoms with Gasteiger partial charge in [-0.25, -0.2) is 0 Å². The molecule has 15 heavy (non-hydrogen) atoms. The molecule has 2 aromatic rings. The minimum absolute atomic E-state index is 0.796. The van der Waals surface area contributed by atoms with E-state index in [1.807, 2.05) is 29.6 Å². The highest BCUT2D eigenvalue weighted by Gasteiger charge is 2.06. The fraction of sp³-hybridized carbons (Fsp3) is 0.167. The first kappa shape index (κ1) is 10.1. The third kappa shape index (κ3) is 1.97. The standard InChI is InChI=1S/C12H11O2S/c1-13-10-5-3-9(4-6-10)11-7-15-8-12(11)14-2/h3-7H,1-2H3. The Morgan fingerprint density at radius 2 is 1.80 bits per heavy atom. The molecule has 0 fully saturated rings. The molecule has 1 aromatic carbocycles. The number of rotatable bonds is 3. The molecule has 0 saturated heterocycles. The monoisotopic (exact) mass is 219 g/mol. The molecule has 2 rings (SSSR count). The van der Waals surface area contributed by atoms with Gasteiger partial charge in [-0.15, -0.1) is 11.3 Å². The molecule has 0 amide bonds. The fourth-order valence-corrected chi connectivity index (χ4v) is 2.09. The van der Waals surface area contributed by atoms with Gasteiger partial charge in [0.05, 0.1) is 19.6 Å². The van der Waals surface area contributed by atoms with Crippen molar-refractivity contribution in [3.63, 3.8) is 0 Å². The largest absolute Gasteiger partial charge is 0.497 e. The summed E-state index contributed by atoms with van der Waals surface area (Å²) in [4.78, 5) is 0. The van der Waals surface area contributed by atoms with Crippen LogP contribution in [0.1, 0.15) is 0 Å². The zero-order valence-corrected chi connectivity index (χ0v) is 9.43. The van der Waals surface area contributed by atoms with E-state index in [2.05, 4.69) is 5.38 Å². The summed E-state index contributed by atoms with van der Waals surface area (Å²) in [6.07, 6.45) is 0. The third-order valence-corrected chi connectivity index (χ3v) is 2.83. The quantitative estimate of drug-likeness (QED) is 0.789. The normalized spacial score (nSPS) is 10.0. The van der Waals surface area contributed by atoms with Crippen LogP contribution in [-0.4, -0.2) is 14.2 Å². The predicted octanol–water partition coefficient (Wildman–Crippen LogP) is 3.23. The minimum Gasteiger partial charge on any atom is -0.497 e. The second-order valence-electron chi connectivity index (χ2n) is 3.01. The molecule has 3 heteroatoms. The first-order valence-electron chi connectivity index (χ1n) is 4.52. The highest BCUT2D eigenvalue weighted by atomic mass is 32.1. The molecule has 1 radical (unpaired) electrons. The minimum atomic E-state index is 0.796. The summed E-state index contributed by atoms with van der Waals surface area (Å²) in [5.41, 5.74) is 2.19. The summed E-state index contributed by atoms with van der Waals surface area (Å²) < 4.78 is 10.3. The van der Waals surface area contributed by atoms with Crippen LogP contribution in [0.15, 0.2) is 29.6 Å². The number of ether oxygens (including phenoxy) is 2. The van der Waals surface area contributed by atoms with E-state index in [9.17, 15) is 0 Å². The molecule has 1 aromatic heterocycles. The van der Waals surface area contributed by atoms with Gasteiger partial charge in [-0.3, -0.25) is 0 Å². The lowest BCUT2D eigenvalue weighted by Gasteiger charge is -2.04. The smallest absolute Gasteiger partial charge is 0.146 e. The summed E-state index contributed by atoms with van der Waals surface area (Å²) in [7, 11) is 3.32. The Morgan fingerprint density at radius 3 is 2.40 bits per heavy atom. The van der Waals surface area contributed by atoms with Gasteiger partial charge < -0.3 is 9.47 Å². The average molecular weight is 219 g/mol. The van der Waals surface area contributed by atoms with Crippen LogP contribution in [0.3, 0.4) is 0 Å². The number of hydrogen-bond donors (Lipinski definition) is 0. The number of methoxy groups -OCH3 is 2. The molecule has 77 valence electrons. The molecule has 0 spiro atoms. The Labute approximate surface area is 93.1 Å². The van der Waals surface area contributed by atoms with Crippen LogP contribution >= 0.6 is 11.3 Å². The van der Waals surface area contributed by atoms with Crippen molar-refractivity contribution in [3.05, 3.63) is 35.0 Å². The van der Waals surface area contributed by atoms with Gasteiger partial charge in [-0.05, 0) is 17.7 Å². The van der Waals surface area contributed by atoms with Crippen molar-refractivity contribution in [1.82, 2.24) is 0 Å². The van der Waals surface area contributed by atoms with Gasteiger partial charge in [0.2, 0.25) is 0 Å². The van der Waals surface area contributed by atoms with Gasteiger partial charge in [-0.2, -0.15) is 0 Å². The highest BCUT2D eigenvalue weighted by molar-refractivity contribution is 7.08. The Kier molecular flexibility index (Phi) is 2.92. The first-order valence-corrected chi connectivity index (χ1v) is 5.40. The Morgan fingerprint density at radius 1 is 1.07 bits per heavy atom. The first-order chi connectivity index (χ1) is 7.35. The number of thiophene rings is 1. The van der Waals surface area contributed by atoms with Crippen molar-refractivity contribution < 1.29 is 9.47 Å². The van der Waals surface area contributed by atoms with E-state index in [-0.39, 0.29) is 0 Å². The van der Waals surface area contributed by atoms with Gasteiger partial charge in [0.1, 0.15) is 11.5 Å². The van der Waals surface area contributed by atoms with E-state index in [1.165, 1.54) is 11.3 Å². The maximum atomic E-state index is 5.22. The lowest BCUT2D eigenvalue weighted by Crippen LogP contribution is -1.84. The summed E-state index contributed by atoms with van der Waals surface area (Å²) in [5.74, 6) is 1.65. The molecule has 0 aliphatic heterocycles. The molecule has 0 unspecified atom stereocenters. The molecule has 0 aliphatic rings. The van der Waals surface area contributed by atoms with Gasteiger partial charge >= 0.3 is 0 Å². The Hall–Kier alpha value is -1.48. The number of hydrogen-bond acceptors (Lipinski definition) is 3. The highest BCUT2D eigenvalue weighted by Crippen LogP contribution is 2.33. The molecular weight excluding hydrogens is 208 g/mol. The third-order valence-electron chi connectivity index (χ3n) is 2.18. The maximum absolute atomic E-state index is 5.22. The van der Waals surface area contributed by atoms with E-state index in [0.29, 0.717) is 0 Å². The van der Waals surface area contributed by atoms with Crippen LogP contribution in [0.25, 0.3) is 11.1 Å². The molecule has 1 heterocycles.